The molecule has 0 aliphatic heterocycles. The fourth-order valence-electron chi connectivity index (χ4n) is 0.989. The van der Waals surface area contributed by atoms with E-state index in [-0.39, 0.29) is 0 Å². The zero-order chi connectivity index (χ0) is 9.68. The van der Waals surface area contributed by atoms with E-state index in [9.17, 15) is 0 Å². The van der Waals surface area contributed by atoms with Crippen molar-refractivity contribution >= 4 is 0 Å². The van der Waals surface area contributed by atoms with Crippen LogP contribution in [-0.2, 0) is 13.6 Å². The third-order valence-electron chi connectivity index (χ3n) is 1.89. The molecule has 0 aliphatic carbocycles. The molecule has 0 amide bonds. The van der Waals surface area contributed by atoms with Crippen LogP contribution in [0.25, 0.3) is 0 Å². The lowest BCUT2D eigenvalue weighted by atomic mass is 10.1. The van der Waals surface area contributed by atoms with Gasteiger partial charge in [0.25, 0.3) is 0 Å². The number of aromatic nitrogens is 4. The predicted molar refractivity (Wildman–Crippen MR) is 50.0 cm³/mol. The lowest BCUT2D eigenvalue weighted by Crippen LogP contribution is -2.18. The number of tetrazole rings is 1. The minimum Gasteiger partial charge on any atom is -0.310 e. The van der Waals surface area contributed by atoms with Crippen LogP contribution in [0.5, 0.6) is 0 Å². The zero-order valence-electron chi connectivity index (χ0n) is 8.49. The molecule has 1 N–H and O–H groups in total. The lowest BCUT2D eigenvalue weighted by Gasteiger charge is -2.05. The predicted octanol–water partition coefficient (Wildman–Crippen LogP) is 0.346. The van der Waals surface area contributed by atoms with E-state index >= 15 is 0 Å². The van der Waals surface area contributed by atoms with Crippen LogP contribution >= 0.6 is 0 Å². The van der Waals surface area contributed by atoms with Crippen LogP contribution in [0.2, 0.25) is 0 Å². The van der Waals surface area contributed by atoms with Crippen molar-refractivity contribution in [2.45, 2.75) is 26.8 Å². The van der Waals surface area contributed by atoms with Crippen LogP contribution in [-0.4, -0.2) is 26.8 Å². The second kappa shape index (κ2) is 4.91. The van der Waals surface area contributed by atoms with Gasteiger partial charge in [-0.05, 0) is 29.3 Å². The molecule has 0 bridgehead atoms. The average molecular weight is 183 g/mol. The Kier molecular flexibility index (Phi) is 3.82. The van der Waals surface area contributed by atoms with Gasteiger partial charge in [-0.25, -0.2) is 4.68 Å². The Morgan fingerprint density at radius 1 is 1.46 bits per heavy atom. The summed E-state index contributed by atoms with van der Waals surface area (Å²) in [7, 11) is 1.85. The van der Waals surface area contributed by atoms with Gasteiger partial charge in [-0.1, -0.05) is 13.8 Å². The normalized spacial score (nSPS) is 11.1. The molecule has 1 rings (SSSR count). The molecule has 0 aromatic carbocycles. The summed E-state index contributed by atoms with van der Waals surface area (Å²) in [5, 5.41) is 14.5. The van der Waals surface area contributed by atoms with Crippen molar-refractivity contribution in [3.63, 3.8) is 0 Å². The topological polar surface area (TPSA) is 55.6 Å². The van der Waals surface area contributed by atoms with E-state index in [1.54, 1.807) is 4.68 Å². The highest BCUT2D eigenvalue weighted by Crippen LogP contribution is 1.96. The second-order valence-electron chi connectivity index (χ2n) is 3.58. The molecule has 0 spiro atoms. The molecule has 0 saturated carbocycles. The van der Waals surface area contributed by atoms with Crippen molar-refractivity contribution in [3.05, 3.63) is 5.82 Å². The summed E-state index contributed by atoms with van der Waals surface area (Å²) in [6.07, 6.45) is 1.19. The molecular formula is C8H17N5. The Bertz CT molecular complexity index is 242. The number of aryl methyl sites for hydroxylation is 1. The quantitative estimate of drug-likeness (QED) is 0.669. The molecule has 1 aromatic rings. The average Bonchev–Trinajstić information content (AvgIpc) is 2.45. The lowest BCUT2D eigenvalue weighted by molar-refractivity contribution is 0.524. The van der Waals surface area contributed by atoms with Crippen LogP contribution in [0.4, 0.5) is 0 Å². The van der Waals surface area contributed by atoms with Crippen LogP contribution in [0.3, 0.4) is 0 Å². The molecule has 1 heterocycles. The van der Waals surface area contributed by atoms with Crippen LogP contribution < -0.4 is 5.32 Å². The second-order valence-corrected chi connectivity index (χ2v) is 3.58. The Balaban J connectivity index is 2.17. The molecule has 1 aromatic heterocycles. The Hall–Kier alpha value is -0.970. The highest BCUT2D eigenvalue weighted by molar-refractivity contribution is 4.77. The maximum atomic E-state index is 3.87. The van der Waals surface area contributed by atoms with E-state index in [0.717, 1.165) is 24.8 Å². The summed E-state index contributed by atoms with van der Waals surface area (Å²) in [6, 6.07) is 0. The summed E-state index contributed by atoms with van der Waals surface area (Å²) in [5.41, 5.74) is 0. The molecule has 5 nitrogen and oxygen atoms in total. The molecule has 74 valence electrons. The third-order valence-corrected chi connectivity index (χ3v) is 1.89. The van der Waals surface area contributed by atoms with Crippen molar-refractivity contribution in [2.24, 2.45) is 13.0 Å². The number of rotatable bonds is 5. The molecule has 0 unspecified atom stereocenters. The van der Waals surface area contributed by atoms with E-state index in [1.165, 1.54) is 6.42 Å². The smallest absolute Gasteiger partial charge is 0.164 e. The van der Waals surface area contributed by atoms with Gasteiger partial charge in [0, 0.05) is 7.05 Å². The van der Waals surface area contributed by atoms with E-state index in [4.69, 9.17) is 0 Å². The first-order chi connectivity index (χ1) is 6.20. The van der Waals surface area contributed by atoms with E-state index in [2.05, 4.69) is 34.7 Å². The number of nitrogens with one attached hydrogen (secondary N) is 1. The monoisotopic (exact) mass is 183 g/mol. The zero-order valence-corrected chi connectivity index (χ0v) is 8.49. The van der Waals surface area contributed by atoms with Crippen molar-refractivity contribution in [3.8, 4) is 0 Å². The van der Waals surface area contributed by atoms with Crippen LogP contribution in [0, 0.1) is 5.92 Å². The van der Waals surface area contributed by atoms with E-state index in [1.807, 2.05) is 7.05 Å². The van der Waals surface area contributed by atoms with Crippen molar-refractivity contribution in [2.75, 3.05) is 6.54 Å². The van der Waals surface area contributed by atoms with Crippen molar-refractivity contribution < 1.29 is 0 Å². The van der Waals surface area contributed by atoms with Gasteiger partial charge in [-0.2, -0.15) is 0 Å². The Morgan fingerprint density at radius 3 is 2.77 bits per heavy atom. The first kappa shape index (κ1) is 10.1. The Morgan fingerprint density at radius 2 is 2.23 bits per heavy atom. The molecule has 13 heavy (non-hydrogen) atoms. The maximum absolute atomic E-state index is 3.87. The Labute approximate surface area is 78.5 Å². The molecule has 0 radical (unpaired) electrons. The van der Waals surface area contributed by atoms with Gasteiger partial charge in [0.2, 0.25) is 0 Å². The van der Waals surface area contributed by atoms with Crippen molar-refractivity contribution in [1.29, 1.82) is 0 Å². The maximum Gasteiger partial charge on any atom is 0.164 e. The van der Waals surface area contributed by atoms with Gasteiger partial charge in [-0.3, -0.25) is 0 Å². The summed E-state index contributed by atoms with van der Waals surface area (Å²) in [4.78, 5) is 0. The van der Waals surface area contributed by atoms with E-state index in [0.29, 0.717) is 0 Å². The van der Waals surface area contributed by atoms with Gasteiger partial charge < -0.3 is 5.32 Å². The summed E-state index contributed by atoms with van der Waals surface area (Å²) < 4.78 is 1.68. The van der Waals surface area contributed by atoms with Crippen molar-refractivity contribution in [1.82, 2.24) is 25.5 Å². The SMILES string of the molecule is CC(C)CCNCc1nnnn1C. The molecule has 0 aliphatic rings. The number of nitrogens with zero attached hydrogens (tertiary/aromatic N) is 4. The van der Waals surface area contributed by atoms with Crippen LogP contribution in [0.15, 0.2) is 0 Å². The highest BCUT2D eigenvalue weighted by atomic mass is 15.5. The molecular weight excluding hydrogens is 166 g/mol. The molecule has 5 heteroatoms. The van der Waals surface area contributed by atoms with Gasteiger partial charge in [0.15, 0.2) is 5.82 Å². The summed E-state index contributed by atoms with van der Waals surface area (Å²) >= 11 is 0. The minimum atomic E-state index is 0.741. The van der Waals surface area contributed by atoms with Crippen LogP contribution in [0.1, 0.15) is 26.1 Å². The molecule has 0 saturated heterocycles. The first-order valence-corrected chi connectivity index (χ1v) is 4.62. The number of hydrogen-bond donors (Lipinski definition) is 1. The standard InChI is InChI=1S/C8H17N5/c1-7(2)4-5-9-6-8-10-11-12-13(8)3/h7,9H,4-6H2,1-3H3. The van der Waals surface area contributed by atoms with Gasteiger partial charge in [0.05, 0.1) is 6.54 Å². The molecule has 0 atom stereocenters. The van der Waals surface area contributed by atoms with E-state index < -0.39 is 0 Å². The largest absolute Gasteiger partial charge is 0.310 e. The number of hydrogen-bond acceptors (Lipinski definition) is 4. The summed E-state index contributed by atoms with van der Waals surface area (Å²) in [6.45, 7) is 6.19. The fraction of sp³-hybridized carbons (Fsp3) is 0.875. The van der Waals surface area contributed by atoms with Gasteiger partial charge >= 0.3 is 0 Å². The third kappa shape index (κ3) is 3.50. The first-order valence-electron chi connectivity index (χ1n) is 4.62. The van der Waals surface area contributed by atoms with Gasteiger partial charge in [0.1, 0.15) is 0 Å². The van der Waals surface area contributed by atoms with Gasteiger partial charge in [-0.15, -0.1) is 5.10 Å². The highest BCUT2D eigenvalue weighted by Gasteiger charge is 2.00. The fourth-order valence-corrected chi connectivity index (χ4v) is 0.989. The molecule has 0 fully saturated rings. The summed E-state index contributed by atoms with van der Waals surface area (Å²) in [5.74, 6) is 1.62. The minimum absolute atomic E-state index is 0.741.